The Kier molecular flexibility index (Phi) is 3.11. The van der Waals surface area contributed by atoms with Crippen molar-refractivity contribution in [3.63, 3.8) is 0 Å². The molecule has 0 aliphatic heterocycles. The highest BCUT2D eigenvalue weighted by Gasteiger charge is 2.31. The van der Waals surface area contributed by atoms with E-state index >= 15 is 0 Å². The molecule has 3 rings (SSSR count). The summed E-state index contributed by atoms with van der Waals surface area (Å²) in [5.74, 6) is 1.75. The lowest BCUT2D eigenvalue weighted by molar-refractivity contribution is 0.605. The smallest absolute Gasteiger partial charge is 0.117 e. The molecule has 2 N–H and O–H groups in total. The van der Waals surface area contributed by atoms with Crippen molar-refractivity contribution in [2.24, 2.45) is 11.8 Å². The number of benzene rings is 1. The van der Waals surface area contributed by atoms with Crippen molar-refractivity contribution in [1.29, 1.82) is 0 Å². The van der Waals surface area contributed by atoms with E-state index in [4.69, 9.17) is 0 Å². The van der Waals surface area contributed by atoms with Crippen LogP contribution in [-0.2, 0) is 6.54 Å². The monoisotopic (exact) mass is 242 g/mol. The zero-order valence-electron chi connectivity index (χ0n) is 10.6. The first kappa shape index (κ1) is 11.4. The van der Waals surface area contributed by atoms with Crippen molar-refractivity contribution in [1.82, 2.24) is 20.7 Å². The molecule has 0 bridgehead atoms. The van der Waals surface area contributed by atoms with Crippen LogP contribution < -0.4 is 5.32 Å². The van der Waals surface area contributed by atoms with Crippen molar-refractivity contribution < 1.29 is 0 Å². The third kappa shape index (κ3) is 2.43. The number of aromatic amines is 1. The topological polar surface area (TPSA) is 53.6 Å². The van der Waals surface area contributed by atoms with Gasteiger partial charge in [-0.25, -0.2) is 0 Å². The molecule has 1 aromatic carbocycles. The number of hydrogen-bond acceptors (Lipinski definition) is 3. The Hall–Kier alpha value is -1.68. The highest BCUT2D eigenvalue weighted by atomic mass is 15.3. The van der Waals surface area contributed by atoms with E-state index in [1.165, 1.54) is 6.42 Å². The highest BCUT2D eigenvalue weighted by Crippen LogP contribution is 2.36. The third-order valence-electron chi connectivity index (χ3n) is 3.64. The average Bonchev–Trinajstić information content (AvgIpc) is 2.92. The van der Waals surface area contributed by atoms with Gasteiger partial charge in [-0.3, -0.25) is 0 Å². The molecule has 0 saturated heterocycles. The number of H-pyrrole nitrogens is 1. The number of nitrogens with one attached hydrogen (secondary N) is 2. The van der Waals surface area contributed by atoms with Crippen LogP contribution in [0.4, 0.5) is 0 Å². The Morgan fingerprint density at radius 3 is 2.78 bits per heavy atom. The van der Waals surface area contributed by atoms with Gasteiger partial charge in [0.15, 0.2) is 0 Å². The molecular formula is C14H18N4. The SMILES string of the molecule is CC1CC1CNCc1n[nH]nc1-c1ccccc1. The first-order chi connectivity index (χ1) is 8.84. The van der Waals surface area contributed by atoms with Gasteiger partial charge in [0, 0.05) is 12.1 Å². The van der Waals surface area contributed by atoms with Gasteiger partial charge in [-0.05, 0) is 24.8 Å². The molecule has 1 heterocycles. The van der Waals surface area contributed by atoms with Crippen molar-refractivity contribution in [2.75, 3.05) is 6.54 Å². The minimum absolute atomic E-state index is 0.782. The number of nitrogens with zero attached hydrogens (tertiary/aromatic N) is 2. The summed E-state index contributed by atoms with van der Waals surface area (Å²) < 4.78 is 0. The van der Waals surface area contributed by atoms with Crippen LogP contribution in [0.25, 0.3) is 11.3 Å². The minimum Gasteiger partial charge on any atom is -0.311 e. The van der Waals surface area contributed by atoms with Gasteiger partial charge in [-0.1, -0.05) is 37.3 Å². The van der Waals surface area contributed by atoms with E-state index in [1.54, 1.807) is 0 Å². The van der Waals surface area contributed by atoms with Gasteiger partial charge >= 0.3 is 0 Å². The largest absolute Gasteiger partial charge is 0.311 e. The first-order valence-electron chi connectivity index (χ1n) is 6.50. The normalized spacial score (nSPS) is 22.1. The van der Waals surface area contributed by atoms with E-state index in [2.05, 4.69) is 39.8 Å². The summed E-state index contributed by atoms with van der Waals surface area (Å²) in [6.07, 6.45) is 1.36. The molecule has 1 saturated carbocycles. The Bertz CT molecular complexity index is 506. The van der Waals surface area contributed by atoms with Gasteiger partial charge in [-0.2, -0.15) is 15.4 Å². The fourth-order valence-electron chi connectivity index (χ4n) is 2.26. The molecule has 1 aromatic heterocycles. The van der Waals surface area contributed by atoms with Gasteiger partial charge < -0.3 is 5.32 Å². The lowest BCUT2D eigenvalue weighted by Crippen LogP contribution is -2.17. The second-order valence-corrected chi connectivity index (χ2v) is 5.09. The molecule has 94 valence electrons. The summed E-state index contributed by atoms with van der Waals surface area (Å²) in [6.45, 7) is 4.17. The Morgan fingerprint density at radius 2 is 2.06 bits per heavy atom. The highest BCUT2D eigenvalue weighted by molar-refractivity contribution is 5.60. The Balaban J connectivity index is 1.64. The van der Waals surface area contributed by atoms with E-state index in [0.717, 1.165) is 41.9 Å². The number of aromatic nitrogens is 3. The van der Waals surface area contributed by atoms with Crippen LogP contribution in [0.1, 0.15) is 19.0 Å². The minimum atomic E-state index is 0.782. The average molecular weight is 242 g/mol. The molecule has 1 fully saturated rings. The lowest BCUT2D eigenvalue weighted by Gasteiger charge is -2.03. The van der Waals surface area contributed by atoms with E-state index in [1.807, 2.05) is 18.2 Å². The fraction of sp³-hybridized carbons (Fsp3) is 0.429. The zero-order chi connectivity index (χ0) is 12.4. The van der Waals surface area contributed by atoms with Crippen LogP contribution in [0.2, 0.25) is 0 Å². The quantitative estimate of drug-likeness (QED) is 0.845. The van der Waals surface area contributed by atoms with Gasteiger partial charge in [0.05, 0.1) is 0 Å². The van der Waals surface area contributed by atoms with E-state index in [-0.39, 0.29) is 0 Å². The van der Waals surface area contributed by atoms with Gasteiger partial charge in [0.2, 0.25) is 0 Å². The van der Waals surface area contributed by atoms with Crippen LogP contribution >= 0.6 is 0 Å². The van der Waals surface area contributed by atoms with Crippen LogP contribution in [0.15, 0.2) is 30.3 Å². The van der Waals surface area contributed by atoms with Crippen LogP contribution in [0.3, 0.4) is 0 Å². The predicted octanol–water partition coefficient (Wildman–Crippen LogP) is 2.22. The standard InChI is InChI=1S/C14H18N4/c1-10-7-12(10)8-15-9-13-14(17-18-16-13)11-5-3-2-4-6-11/h2-6,10,12,15H,7-9H2,1H3,(H,16,17,18). The molecule has 2 aromatic rings. The van der Waals surface area contributed by atoms with E-state index in [0.29, 0.717) is 0 Å². The molecule has 18 heavy (non-hydrogen) atoms. The number of rotatable bonds is 5. The molecule has 0 spiro atoms. The Labute approximate surface area is 107 Å². The summed E-state index contributed by atoms with van der Waals surface area (Å²) in [6, 6.07) is 10.2. The fourth-order valence-corrected chi connectivity index (χ4v) is 2.26. The number of hydrogen-bond donors (Lipinski definition) is 2. The summed E-state index contributed by atoms with van der Waals surface area (Å²) >= 11 is 0. The predicted molar refractivity (Wildman–Crippen MR) is 70.8 cm³/mol. The van der Waals surface area contributed by atoms with Crippen molar-refractivity contribution >= 4 is 0 Å². The third-order valence-corrected chi connectivity index (χ3v) is 3.64. The van der Waals surface area contributed by atoms with Crippen molar-refractivity contribution in [2.45, 2.75) is 19.9 Å². The van der Waals surface area contributed by atoms with E-state index in [9.17, 15) is 0 Å². The summed E-state index contributed by atoms with van der Waals surface area (Å²) in [4.78, 5) is 0. The van der Waals surface area contributed by atoms with Gasteiger partial charge in [0.25, 0.3) is 0 Å². The molecule has 2 atom stereocenters. The molecule has 1 aliphatic carbocycles. The summed E-state index contributed by atoms with van der Waals surface area (Å²) in [7, 11) is 0. The second-order valence-electron chi connectivity index (χ2n) is 5.09. The van der Waals surface area contributed by atoms with Crippen molar-refractivity contribution in [3.8, 4) is 11.3 Å². The zero-order valence-corrected chi connectivity index (χ0v) is 10.6. The lowest BCUT2D eigenvalue weighted by atomic mass is 10.1. The van der Waals surface area contributed by atoms with E-state index < -0.39 is 0 Å². The van der Waals surface area contributed by atoms with Crippen LogP contribution in [0, 0.1) is 11.8 Å². The molecule has 4 nitrogen and oxygen atoms in total. The molecule has 1 aliphatic rings. The van der Waals surface area contributed by atoms with Gasteiger partial charge in [-0.15, -0.1) is 0 Å². The maximum absolute atomic E-state index is 4.24. The van der Waals surface area contributed by atoms with Crippen LogP contribution in [-0.4, -0.2) is 22.0 Å². The molecule has 4 heteroatoms. The summed E-state index contributed by atoms with van der Waals surface area (Å²) in [5, 5.41) is 14.7. The Morgan fingerprint density at radius 1 is 1.28 bits per heavy atom. The van der Waals surface area contributed by atoms with Crippen molar-refractivity contribution in [3.05, 3.63) is 36.0 Å². The second kappa shape index (κ2) is 4.90. The summed E-state index contributed by atoms with van der Waals surface area (Å²) in [5.41, 5.74) is 3.06. The maximum Gasteiger partial charge on any atom is 0.117 e. The maximum atomic E-state index is 4.24. The molecule has 0 amide bonds. The first-order valence-corrected chi connectivity index (χ1v) is 6.50. The molecule has 0 radical (unpaired) electrons. The molecule has 2 unspecified atom stereocenters. The van der Waals surface area contributed by atoms with Gasteiger partial charge in [0.1, 0.15) is 11.4 Å². The molecular weight excluding hydrogens is 224 g/mol. The van der Waals surface area contributed by atoms with Crippen LogP contribution in [0.5, 0.6) is 0 Å².